The Morgan fingerprint density at radius 1 is 1.07 bits per heavy atom. The van der Waals surface area contributed by atoms with Gasteiger partial charge in [0.05, 0.1) is 16.8 Å². The van der Waals surface area contributed by atoms with Gasteiger partial charge in [0.15, 0.2) is 0 Å². The number of aromatic carboxylic acids is 1. The smallest absolute Gasteiger partial charge is 0.335 e. The highest BCUT2D eigenvalue weighted by molar-refractivity contribution is 7.17. The standard InChI is InChI=1S/C22H19N3O3S/c26-20(23-11-15-4-2-1-3-5-15)19-10-18-13-25(14-24-21(18)29-19)12-16-6-8-17(9-7-16)22(27)28/h1-10,14H,11-13H2,(H,23,26)(H,27,28). The average Bonchev–Trinajstić information content (AvgIpc) is 3.17. The quantitative estimate of drug-likeness (QED) is 0.648. The number of carboxylic acid groups (broad SMARTS) is 1. The van der Waals surface area contributed by atoms with Crippen LogP contribution in [0, 0.1) is 0 Å². The summed E-state index contributed by atoms with van der Waals surface area (Å²) in [6, 6.07) is 18.5. The van der Waals surface area contributed by atoms with Gasteiger partial charge in [0.1, 0.15) is 5.00 Å². The van der Waals surface area contributed by atoms with E-state index in [1.54, 1.807) is 18.5 Å². The molecule has 2 N–H and O–H groups in total. The molecule has 4 rings (SSSR count). The molecule has 0 saturated heterocycles. The van der Waals surface area contributed by atoms with E-state index in [9.17, 15) is 9.59 Å². The fourth-order valence-corrected chi connectivity index (χ4v) is 4.03. The van der Waals surface area contributed by atoms with Crippen LogP contribution in [0.5, 0.6) is 0 Å². The Hall–Kier alpha value is -3.45. The molecule has 3 aromatic rings. The van der Waals surface area contributed by atoms with E-state index in [-0.39, 0.29) is 11.5 Å². The Morgan fingerprint density at radius 2 is 1.83 bits per heavy atom. The molecule has 1 aromatic heterocycles. The molecule has 1 aliphatic heterocycles. The number of nitrogens with zero attached hydrogens (tertiary/aromatic N) is 2. The summed E-state index contributed by atoms with van der Waals surface area (Å²) in [5, 5.41) is 12.8. The second kappa shape index (κ2) is 8.28. The number of rotatable bonds is 6. The zero-order valence-electron chi connectivity index (χ0n) is 15.5. The van der Waals surface area contributed by atoms with E-state index in [0.717, 1.165) is 21.7 Å². The second-order valence-electron chi connectivity index (χ2n) is 6.76. The molecule has 0 aliphatic carbocycles. The van der Waals surface area contributed by atoms with Gasteiger partial charge in [-0.15, -0.1) is 11.3 Å². The average molecular weight is 405 g/mol. The molecule has 6 nitrogen and oxygen atoms in total. The lowest BCUT2D eigenvalue weighted by Crippen LogP contribution is -2.23. The maximum atomic E-state index is 12.5. The van der Waals surface area contributed by atoms with Crippen molar-refractivity contribution in [1.82, 2.24) is 10.2 Å². The van der Waals surface area contributed by atoms with Crippen molar-refractivity contribution < 1.29 is 14.7 Å². The number of thiophene rings is 1. The monoisotopic (exact) mass is 405 g/mol. The van der Waals surface area contributed by atoms with Crippen LogP contribution in [0.3, 0.4) is 0 Å². The van der Waals surface area contributed by atoms with Crippen LogP contribution in [0.15, 0.2) is 65.7 Å². The number of amides is 1. The zero-order valence-corrected chi connectivity index (χ0v) is 16.4. The van der Waals surface area contributed by atoms with Crippen molar-refractivity contribution in [3.63, 3.8) is 0 Å². The third-order valence-electron chi connectivity index (χ3n) is 4.60. The lowest BCUT2D eigenvalue weighted by Gasteiger charge is -2.22. The molecule has 0 unspecified atom stereocenters. The summed E-state index contributed by atoms with van der Waals surface area (Å²) < 4.78 is 0. The van der Waals surface area contributed by atoms with Crippen molar-refractivity contribution in [2.75, 3.05) is 0 Å². The van der Waals surface area contributed by atoms with Crippen molar-refractivity contribution in [2.45, 2.75) is 19.6 Å². The molecular weight excluding hydrogens is 386 g/mol. The summed E-state index contributed by atoms with van der Waals surface area (Å²) in [5.41, 5.74) is 3.35. The number of aliphatic imine (C=N–C) groups is 1. The number of nitrogens with one attached hydrogen (secondary N) is 1. The lowest BCUT2D eigenvalue weighted by atomic mass is 10.1. The van der Waals surface area contributed by atoms with E-state index >= 15 is 0 Å². The van der Waals surface area contributed by atoms with E-state index in [1.165, 1.54) is 11.3 Å². The molecule has 0 saturated carbocycles. The van der Waals surface area contributed by atoms with Crippen molar-refractivity contribution in [3.8, 4) is 0 Å². The fourth-order valence-electron chi connectivity index (χ4n) is 3.10. The number of hydrogen-bond donors (Lipinski definition) is 2. The summed E-state index contributed by atoms with van der Waals surface area (Å²) >= 11 is 1.39. The third-order valence-corrected chi connectivity index (χ3v) is 5.69. The number of benzene rings is 2. The van der Waals surface area contributed by atoms with E-state index in [2.05, 4.69) is 10.3 Å². The first-order chi connectivity index (χ1) is 14.1. The minimum Gasteiger partial charge on any atom is -0.478 e. The summed E-state index contributed by atoms with van der Waals surface area (Å²) in [6.45, 7) is 1.76. The van der Waals surface area contributed by atoms with Crippen LogP contribution in [0.4, 0.5) is 5.00 Å². The van der Waals surface area contributed by atoms with Gasteiger partial charge in [0.25, 0.3) is 5.91 Å². The largest absolute Gasteiger partial charge is 0.478 e. The SMILES string of the molecule is O=C(O)c1ccc(CN2C=Nc3sc(C(=O)NCc4ccccc4)cc3C2)cc1. The molecule has 1 aliphatic rings. The third kappa shape index (κ3) is 4.52. The predicted octanol–water partition coefficient (Wildman–Crippen LogP) is 4.05. The van der Waals surface area contributed by atoms with Crippen LogP contribution in [0.1, 0.15) is 36.7 Å². The topological polar surface area (TPSA) is 82.0 Å². The van der Waals surface area contributed by atoms with Crippen molar-refractivity contribution in [2.24, 2.45) is 4.99 Å². The molecule has 0 radical (unpaired) electrons. The lowest BCUT2D eigenvalue weighted by molar-refractivity contribution is 0.0696. The fraction of sp³-hybridized carbons (Fsp3) is 0.136. The van der Waals surface area contributed by atoms with Gasteiger partial charge in [0, 0.05) is 25.2 Å². The Bertz CT molecular complexity index is 1060. The molecule has 0 atom stereocenters. The molecule has 7 heteroatoms. The van der Waals surface area contributed by atoms with Gasteiger partial charge in [0.2, 0.25) is 0 Å². The summed E-state index contributed by atoms with van der Waals surface area (Å²) in [4.78, 5) is 30.6. The highest BCUT2D eigenvalue weighted by Crippen LogP contribution is 2.34. The Morgan fingerprint density at radius 3 is 2.55 bits per heavy atom. The van der Waals surface area contributed by atoms with Gasteiger partial charge in [-0.2, -0.15) is 0 Å². The van der Waals surface area contributed by atoms with Crippen LogP contribution in [0.2, 0.25) is 0 Å². The molecule has 2 aromatic carbocycles. The van der Waals surface area contributed by atoms with E-state index < -0.39 is 5.97 Å². The normalized spacial score (nSPS) is 12.5. The summed E-state index contributed by atoms with van der Waals surface area (Å²) in [5.74, 6) is -1.03. The molecule has 1 amide bonds. The van der Waals surface area contributed by atoms with E-state index in [4.69, 9.17) is 5.11 Å². The minimum absolute atomic E-state index is 0.0979. The highest BCUT2D eigenvalue weighted by atomic mass is 32.1. The summed E-state index contributed by atoms with van der Waals surface area (Å²) in [6.07, 6.45) is 1.77. The van der Waals surface area contributed by atoms with Crippen molar-refractivity contribution in [1.29, 1.82) is 0 Å². The van der Waals surface area contributed by atoms with Gasteiger partial charge in [-0.3, -0.25) is 4.79 Å². The molecular formula is C22H19N3O3S. The maximum Gasteiger partial charge on any atom is 0.335 e. The van der Waals surface area contributed by atoms with Gasteiger partial charge in [-0.1, -0.05) is 42.5 Å². The van der Waals surface area contributed by atoms with Crippen LogP contribution >= 0.6 is 11.3 Å². The molecule has 0 spiro atoms. The number of hydrogen-bond acceptors (Lipinski definition) is 5. The maximum absolute atomic E-state index is 12.5. The van der Waals surface area contributed by atoms with Crippen LogP contribution in [-0.2, 0) is 19.6 Å². The molecule has 146 valence electrons. The first-order valence-electron chi connectivity index (χ1n) is 9.14. The van der Waals surface area contributed by atoms with Crippen LogP contribution in [0.25, 0.3) is 0 Å². The number of fused-ring (bicyclic) bond motifs is 1. The van der Waals surface area contributed by atoms with E-state index in [0.29, 0.717) is 24.5 Å². The number of carboxylic acids is 1. The second-order valence-corrected chi connectivity index (χ2v) is 7.79. The molecule has 29 heavy (non-hydrogen) atoms. The van der Waals surface area contributed by atoms with Crippen molar-refractivity contribution in [3.05, 3.63) is 87.8 Å². The van der Waals surface area contributed by atoms with E-state index in [1.807, 2.05) is 53.4 Å². The van der Waals surface area contributed by atoms with Crippen LogP contribution < -0.4 is 5.32 Å². The minimum atomic E-state index is -0.933. The molecule has 0 fully saturated rings. The van der Waals surface area contributed by atoms with Gasteiger partial charge in [-0.05, 0) is 29.3 Å². The predicted molar refractivity (Wildman–Crippen MR) is 113 cm³/mol. The first kappa shape index (κ1) is 18.9. The Labute approximate surface area is 172 Å². The number of carbonyl (C=O) groups is 2. The van der Waals surface area contributed by atoms with Gasteiger partial charge < -0.3 is 15.3 Å². The zero-order chi connectivity index (χ0) is 20.2. The van der Waals surface area contributed by atoms with Crippen LogP contribution in [-0.4, -0.2) is 28.2 Å². The van der Waals surface area contributed by atoms with Gasteiger partial charge in [-0.25, -0.2) is 9.79 Å². The highest BCUT2D eigenvalue weighted by Gasteiger charge is 2.19. The summed E-state index contributed by atoms with van der Waals surface area (Å²) in [7, 11) is 0. The Kier molecular flexibility index (Phi) is 5.39. The Balaban J connectivity index is 1.38. The molecule has 2 heterocycles. The van der Waals surface area contributed by atoms with Gasteiger partial charge >= 0.3 is 5.97 Å². The van der Waals surface area contributed by atoms with Crippen molar-refractivity contribution >= 4 is 34.6 Å². The molecule has 0 bridgehead atoms. The number of carbonyl (C=O) groups excluding carboxylic acids is 1. The first-order valence-corrected chi connectivity index (χ1v) is 9.95.